The van der Waals surface area contributed by atoms with Gasteiger partial charge in [-0.3, -0.25) is 4.79 Å². The summed E-state index contributed by atoms with van der Waals surface area (Å²) >= 11 is 0. The first-order valence-corrected chi connectivity index (χ1v) is 11.5. The molecule has 1 unspecified atom stereocenters. The van der Waals surface area contributed by atoms with Crippen LogP contribution in [0.2, 0.25) is 0 Å². The fraction of sp³-hybridized carbons (Fsp3) is 0.393. The van der Waals surface area contributed by atoms with Crippen LogP contribution in [0.3, 0.4) is 0 Å². The normalized spacial score (nSPS) is 25.0. The Morgan fingerprint density at radius 3 is 2.17 bits per heavy atom. The first-order chi connectivity index (χ1) is 14.8. The van der Waals surface area contributed by atoms with Crippen LogP contribution in [-0.4, -0.2) is 5.97 Å². The number of benzene rings is 2. The highest BCUT2D eigenvalue weighted by atomic mass is 16.5. The molecule has 0 N–H and O–H groups in total. The molecule has 0 amide bonds. The van der Waals surface area contributed by atoms with Gasteiger partial charge >= 0.3 is 5.97 Å². The van der Waals surface area contributed by atoms with Crippen molar-refractivity contribution in [3.05, 3.63) is 88.7 Å². The zero-order valence-electron chi connectivity index (χ0n) is 17.6. The molecule has 0 radical (unpaired) electrons. The van der Waals surface area contributed by atoms with E-state index in [-0.39, 0.29) is 11.9 Å². The fourth-order valence-corrected chi connectivity index (χ4v) is 5.86. The Bertz CT molecular complexity index is 960. The van der Waals surface area contributed by atoms with Crippen molar-refractivity contribution in [1.82, 2.24) is 0 Å². The van der Waals surface area contributed by atoms with E-state index in [9.17, 15) is 4.79 Å². The van der Waals surface area contributed by atoms with Crippen molar-refractivity contribution in [3.8, 4) is 0 Å². The van der Waals surface area contributed by atoms with Gasteiger partial charge < -0.3 is 4.74 Å². The zero-order chi connectivity index (χ0) is 20.4. The summed E-state index contributed by atoms with van der Waals surface area (Å²) < 4.78 is 6.25. The van der Waals surface area contributed by atoms with Crippen molar-refractivity contribution in [2.45, 2.75) is 63.7 Å². The molecule has 30 heavy (non-hydrogen) atoms. The maximum atomic E-state index is 13.7. The van der Waals surface area contributed by atoms with E-state index in [4.69, 9.17) is 4.74 Å². The Hall–Kier alpha value is -2.61. The third-order valence-electron chi connectivity index (χ3n) is 7.25. The maximum Gasteiger partial charge on any atom is 0.318 e. The first kappa shape index (κ1) is 19.4. The van der Waals surface area contributed by atoms with Gasteiger partial charge in [-0.25, -0.2) is 0 Å². The lowest BCUT2D eigenvalue weighted by molar-refractivity contribution is -0.156. The van der Waals surface area contributed by atoms with E-state index in [0.29, 0.717) is 0 Å². The van der Waals surface area contributed by atoms with Crippen LogP contribution in [0.15, 0.2) is 77.6 Å². The van der Waals surface area contributed by atoms with Gasteiger partial charge in [-0.2, -0.15) is 0 Å². The minimum absolute atomic E-state index is 0.0119. The van der Waals surface area contributed by atoms with E-state index in [0.717, 1.165) is 50.7 Å². The molecule has 0 aromatic heterocycles. The van der Waals surface area contributed by atoms with Gasteiger partial charge in [0.2, 0.25) is 0 Å². The third-order valence-corrected chi connectivity index (χ3v) is 7.25. The largest absolute Gasteiger partial charge is 0.426 e. The standard InChI is InChI=1S/C28H30O2/c29-27-28(18-9-1-2-10-19-28)25(22-14-7-4-8-15-22)24-17-11-16-23(26(24)30-27)20-21-12-5-3-6-13-21/h3-8,12-15,20,25H,1-2,9-11,16-19H2. The molecule has 1 aliphatic heterocycles. The molecule has 2 nitrogen and oxygen atoms in total. The van der Waals surface area contributed by atoms with Crippen molar-refractivity contribution < 1.29 is 9.53 Å². The van der Waals surface area contributed by atoms with Gasteiger partial charge in [-0.05, 0) is 60.5 Å². The van der Waals surface area contributed by atoms with Crippen molar-refractivity contribution in [2.24, 2.45) is 5.41 Å². The van der Waals surface area contributed by atoms with Gasteiger partial charge in [0, 0.05) is 5.92 Å². The maximum absolute atomic E-state index is 13.7. The van der Waals surface area contributed by atoms with Crippen LogP contribution in [-0.2, 0) is 9.53 Å². The Labute approximate surface area is 179 Å². The Morgan fingerprint density at radius 1 is 0.800 bits per heavy atom. The van der Waals surface area contributed by atoms with Crippen LogP contribution >= 0.6 is 0 Å². The molecule has 154 valence electrons. The highest BCUT2D eigenvalue weighted by Gasteiger charge is 2.53. The number of esters is 1. The number of ether oxygens (including phenoxy) is 1. The summed E-state index contributed by atoms with van der Waals surface area (Å²) in [6.45, 7) is 0. The summed E-state index contributed by atoms with van der Waals surface area (Å²) in [6, 6.07) is 21.1. The molecule has 5 rings (SSSR count). The lowest BCUT2D eigenvalue weighted by Crippen LogP contribution is -2.44. The number of carbonyl (C=O) groups is 1. The quantitative estimate of drug-likeness (QED) is 0.500. The Balaban J connectivity index is 1.66. The molecular formula is C28H30O2. The lowest BCUT2D eigenvalue weighted by atomic mass is 9.61. The number of hydrogen-bond acceptors (Lipinski definition) is 2. The minimum Gasteiger partial charge on any atom is -0.426 e. The molecule has 1 spiro atoms. The molecule has 1 fully saturated rings. The van der Waals surface area contributed by atoms with Crippen LogP contribution in [0.25, 0.3) is 6.08 Å². The van der Waals surface area contributed by atoms with Crippen LogP contribution in [0.5, 0.6) is 0 Å². The van der Waals surface area contributed by atoms with Crippen LogP contribution in [0, 0.1) is 5.41 Å². The van der Waals surface area contributed by atoms with Crippen molar-refractivity contribution in [2.75, 3.05) is 0 Å². The lowest BCUT2D eigenvalue weighted by Gasteiger charge is -2.45. The second-order valence-electron chi connectivity index (χ2n) is 9.09. The Morgan fingerprint density at radius 2 is 1.47 bits per heavy atom. The summed E-state index contributed by atoms with van der Waals surface area (Å²) in [6.07, 6.45) is 11.9. The SMILES string of the molecule is O=C1OC2=C(CCCC2=Cc2ccccc2)C(c2ccccc2)C12CCCCCC2. The number of allylic oxidation sites excluding steroid dienone is 2. The van der Waals surface area contributed by atoms with E-state index in [2.05, 4.69) is 60.7 Å². The molecular weight excluding hydrogens is 368 g/mol. The van der Waals surface area contributed by atoms with Gasteiger partial charge in [-0.15, -0.1) is 0 Å². The molecule has 0 saturated heterocycles. The van der Waals surface area contributed by atoms with Gasteiger partial charge in [0.1, 0.15) is 5.76 Å². The molecule has 1 heterocycles. The van der Waals surface area contributed by atoms with Crippen molar-refractivity contribution in [3.63, 3.8) is 0 Å². The minimum atomic E-state index is -0.397. The van der Waals surface area contributed by atoms with Crippen LogP contribution in [0.4, 0.5) is 0 Å². The molecule has 2 heteroatoms. The number of rotatable bonds is 2. The van der Waals surface area contributed by atoms with Gasteiger partial charge in [0.25, 0.3) is 0 Å². The predicted molar refractivity (Wildman–Crippen MR) is 121 cm³/mol. The first-order valence-electron chi connectivity index (χ1n) is 11.5. The monoisotopic (exact) mass is 398 g/mol. The smallest absolute Gasteiger partial charge is 0.318 e. The van der Waals surface area contributed by atoms with E-state index in [1.54, 1.807) is 0 Å². The number of hydrogen-bond donors (Lipinski definition) is 0. The summed E-state index contributed by atoms with van der Waals surface area (Å²) in [5.41, 5.74) is 4.59. The molecule has 0 bridgehead atoms. The molecule has 3 aliphatic rings. The van der Waals surface area contributed by atoms with Crippen LogP contribution < -0.4 is 0 Å². The van der Waals surface area contributed by atoms with Crippen molar-refractivity contribution >= 4 is 12.0 Å². The summed E-state index contributed by atoms with van der Waals surface area (Å²) in [7, 11) is 0. The van der Waals surface area contributed by atoms with Crippen LogP contribution in [0.1, 0.15) is 74.8 Å². The summed E-state index contributed by atoms with van der Waals surface area (Å²) in [5.74, 6) is 1.03. The Kier molecular flexibility index (Phi) is 5.33. The fourth-order valence-electron chi connectivity index (χ4n) is 5.86. The molecule has 2 aromatic rings. The van der Waals surface area contributed by atoms with E-state index < -0.39 is 5.41 Å². The zero-order valence-corrected chi connectivity index (χ0v) is 17.6. The second kappa shape index (κ2) is 8.26. The number of carbonyl (C=O) groups excluding carboxylic acids is 1. The second-order valence-corrected chi connectivity index (χ2v) is 9.09. The summed E-state index contributed by atoms with van der Waals surface area (Å²) in [5, 5.41) is 0. The molecule has 2 aromatic carbocycles. The average Bonchev–Trinajstić information content (AvgIpc) is 3.04. The van der Waals surface area contributed by atoms with Gasteiger partial charge in [-0.1, -0.05) is 86.3 Å². The van der Waals surface area contributed by atoms with E-state index in [1.807, 2.05) is 6.07 Å². The topological polar surface area (TPSA) is 26.3 Å². The van der Waals surface area contributed by atoms with Gasteiger partial charge in [0.15, 0.2) is 0 Å². The molecule has 1 saturated carbocycles. The molecule has 2 aliphatic carbocycles. The third kappa shape index (κ3) is 3.43. The van der Waals surface area contributed by atoms with Crippen molar-refractivity contribution in [1.29, 1.82) is 0 Å². The molecule has 1 atom stereocenters. The summed E-state index contributed by atoms with van der Waals surface area (Å²) in [4.78, 5) is 13.7. The highest BCUT2D eigenvalue weighted by molar-refractivity contribution is 5.83. The predicted octanol–water partition coefficient (Wildman–Crippen LogP) is 7.19. The van der Waals surface area contributed by atoms with E-state index >= 15 is 0 Å². The average molecular weight is 399 g/mol. The van der Waals surface area contributed by atoms with E-state index in [1.165, 1.54) is 35.1 Å². The van der Waals surface area contributed by atoms with Gasteiger partial charge in [0.05, 0.1) is 5.41 Å². The highest BCUT2D eigenvalue weighted by Crippen LogP contribution is 2.57.